The van der Waals surface area contributed by atoms with E-state index in [-0.39, 0.29) is 47.8 Å². The van der Waals surface area contributed by atoms with Crippen LogP contribution in [0.25, 0.3) is 0 Å². The SMILES string of the molecule is CCC1COCCN1c1cc(CS(C)(=O)=O)cc(S(=O)O)n1.[H-].[Na+]. The van der Waals surface area contributed by atoms with Gasteiger partial charge in [-0.1, -0.05) is 6.92 Å². The van der Waals surface area contributed by atoms with E-state index in [0.29, 0.717) is 31.1 Å². The van der Waals surface area contributed by atoms with Crippen molar-refractivity contribution in [3.05, 3.63) is 17.7 Å². The maximum absolute atomic E-state index is 11.5. The number of hydrogen-bond acceptors (Lipinski definition) is 6. The van der Waals surface area contributed by atoms with Gasteiger partial charge in [-0.15, -0.1) is 0 Å². The number of ether oxygens (including phenoxy) is 1. The normalized spacial score (nSPS) is 20.0. The molecule has 1 fully saturated rings. The summed E-state index contributed by atoms with van der Waals surface area (Å²) in [7, 11) is -3.24. The van der Waals surface area contributed by atoms with Crippen molar-refractivity contribution in [2.24, 2.45) is 0 Å². The Morgan fingerprint density at radius 2 is 2.22 bits per heavy atom. The number of sulfone groups is 1. The standard InChI is InChI=1S/C13H20N2O5S2.Na.H/c1-3-11-8-20-5-4-15(11)12-6-10(9-22(2,18)19)7-13(14-12)21(16)17;;/h6-7,11H,3-5,8-9H2,1-2H3,(H,16,17);;/q;+1;-1. The van der Waals surface area contributed by atoms with Gasteiger partial charge in [-0.3, -0.25) is 0 Å². The first kappa shape index (κ1) is 21.0. The number of hydrogen-bond donors (Lipinski definition) is 1. The summed E-state index contributed by atoms with van der Waals surface area (Å²) in [4.78, 5) is 6.22. The van der Waals surface area contributed by atoms with Gasteiger partial charge in [0.25, 0.3) is 0 Å². The second-order valence-corrected chi connectivity index (χ2v) is 8.38. The molecule has 0 bridgehead atoms. The molecule has 1 aromatic rings. The zero-order valence-electron chi connectivity index (χ0n) is 14.6. The summed E-state index contributed by atoms with van der Waals surface area (Å²) in [5.41, 5.74) is 0.464. The van der Waals surface area contributed by atoms with E-state index >= 15 is 0 Å². The van der Waals surface area contributed by atoms with E-state index in [9.17, 15) is 17.2 Å². The molecule has 0 amide bonds. The van der Waals surface area contributed by atoms with Crippen LogP contribution < -0.4 is 34.5 Å². The van der Waals surface area contributed by atoms with Gasteiger partial charge in [-0.05, 0) is 24.1 Å². The molecule has 2 rings (SSSR count). The van der Waals surface area contributed by atoms with E-state index in [0.717, 1.165) is 12.7 Å². The quantitative estimate of drug-likeness (QED) is 0.469. The molecular weight excluding hydrogens is 351 g/mol. The van der Waals surface area contributed by atoms with E-state index in [1.807, 2.05) is 11.8 Å². The van der Waals surface area contributed by atoms with Crippen molar-refractivity contribution in [1.29, 1.82) is 0 Å². The fourth-order valence-electron chi connectivity index (χ4n) is 2.46. The summed E-state index contributed by atoms with van der Waals surface area (Å²) in [5.74, 6) is 0.335. The van der Waals surface area contributed by atoms with Crippen LogP contribution in [0.1, 0.15) is 20.3 Å². The average Bonchev–Trinajstić information content (AvgIpc) is 2.45. The van der Waals surface area contributed by atoms with Gasteiger partial charge in [0.05, 0.1) is 25.0 Å². The minimum Gasteiger partial charge on any atom is -1.00 e. The summed E-state index contributed by atoms with van der Waals surface area (Å²) in [6.45, 7) is 3.75. The third kappa shape index (κ3) is 6.08. The van der Waals surface area contributed by atoms with Crippen LogP contribution in [0.15, 0.2) is 17.2 Å². The van der Waals surface area contributed by atoms with Crippen LogP contribution in [0.2, 0.25) is 0 Å². The van der Waals surface area contributed by atoms with Crippen LogP contribution in [0.3, 0.4) is 0 Å². The molecule has 1 aromatic heterocycles. The second-order valence-electron chi connectivity index (χ2n) is 5.32. The first-order valence-electron chi connectivity index (χ1n) is 6.94. The predicted octanol–water partition coefficient (Wildman–Crippen LogP) is -2.06. The van der Waals surface area contributed by atoms with Crippen molar-refractivity contribution in [3.8, 4) is 0 Å². The molecule has 0 spiro atoms. The molecule has 126 valence electrons. The number of aromatic nitrogens is 1. The molecule has 1 aliphatic heterocycles. The van der Waals surface area contributed by atoms with Crippen molar-refractivity contribution in [1.82, 2.24) is 4.98 Å². The average molecular weight is 372 g/mol. The number of morpholine rings is 1. The van der Waals surface area contributed by atoms with Gasteiger partial charge in [0.2, 0.25) is 11.1 Å². The Labute approximate surface area is 162 Å². The van der Waals surface area contributed by atoms with Gasteiger partial charge >= 0.3 is 29.6 Å². The molecule has 10 heteroatoms. The Kier molecular flexibility index (Phi) is 8.12. The molecule has 7 nitrogen and oxygen atoms in total. The van der Waals surface area contributed by atoms with Crippen LogP contribution >= 0.6 is 0 Å². The monoisotopic (exact) mass is 372 g/mol. The van der Waals surface area contributed by atoms with Gasteiger partial charge in [0, 0.05) is 12.8 Å². The summed E-state index contributed by atoms with van der Waals surface area (Å²) in [6, 6.07) is 3.16. The van der Waals surface area contributed by atoms with Crippen molar-refractivity contribution in [2.45, 2.75) is 30.2 Å². The number of pyridine rings is 1. The van der Waals surface area contributed by atoms with Crippen LogP contribution in [-0.2, 0) is 31.4 Å². The Morgan fingerprint density at radius 3 is 2.78 bits per heavy atom. The van der Waals surface area contributed by atoms with Gasteiger partial charge < -0.3 is 15.6 Å². The molecular formula is C13H21N2NaO5S2. The molecule has 0 aliphatic carbocycles. The zero-order chi connectivity index (χ0) is 16.3. The van der Waals surface area contributed by atoms with Crippen LogP contribution in [0.4, 0.5) is 5.82 Å². The van der Waals surface area contributed by atoms with Crippen LogP contribution in [0, 0.1) is 0 Å². The summed E-state index contributed by atoms with van der Waals surface area (Å²) < 4.78 is 49.1. The van der Waals surface area contributed by atoms with E-state index in [2.05, 4.69) is 4.98 Å². The van der Waals surface area contributed by atoms with Crippen LogP contribution in [-0.4, -0.2) is 54.2 Å². The molecule has 1 aliphatic rings. The smallest absolute Gasteiger partial charge is 1.00 e. The van der Waals surface area contributed by atoms with Gasteiger partial charge in [0.15, 0.2) is 14.9 Å². The topological polar surface area (TPSA) is 96.8 Å². The zero-order valence-corrected chi connectivity index (χ0v) is 17.2. The molecule has 2 heterocycles. The van der Waals surface area contributed by atoms with E-state index in [1.165, 1.54) is 6.07 Å². The molecule has 2 atom stereocenters. The number of rotatable bonds is 5. The molecule has 0 saturated carbocycles. The second kappa shape index (κ2) is 8.89. The Hall–Kier alpha value is -0.0300. The molecule has 1 N–H and O–H groups in total. The molecule has 1 saturated heterocycles. The fourth-order valence-corrected chi connectivity index (χ4v) is 3.66. The van der Waals surface area contributed by atoms with Gasteiger partial charge in [-0.25, -0.2) is 17.6 Å². The van der Waals surface area contributed by atoms with Crippen molar-refractivity contribution < 1.29 is 52.9 Å². The van der Waals surface area contributed by atoms with E-state index in [1.54, 1.807) is 6.07 Å². The minimum atomic E-state index is -3.24. The van der Waals surface area contributed by atoms with Crippen molar-refractivity contribution in [3.63, 3.8) is 0 Å². The van der Waals surface area contributed by atoms with Crippen LogP contribution in [0.5, 0.6) is 0 Å². The van der Waals surface area contributed by atoms with E-state index in [4.69, 9.17) is 4.74 Å². The summed E-state index contributed by atoms with van der Waals surface area (Å²) in [6.07, 6.45) is 1.97. The largest absolute Gasteiger partial charge is 1.00 e. The number of nitrogens with zero attached hydrogens (tertiary/aromatic N) is 2. The Balaban J connectivity index is 0.00000264. The maximum Gasteiger partial charge on any atom is 1.00 e. The van der Waals surface area contributed by atoms with Gasteiger partial charge in [0.1, 0.15) is 5.82 Å². The minimum absolute atomic E-state index is 0. The van der Waals surface area contributed by atoms with E-state index < -0.39 is 20.9 Å². The molecule has 2 unspecified atom stereocenters. The summed E-state index contributed by atoms with van der Waals surface area (Å²) >= 11 is -2.26. The van der Waals surface area contributed by atoms with Crippen molar-refractivity contribution in [2.75, 3.05) is 30.9 Å². The first-order valence-corrected chi connectivity index (χ1v) is 10.1. The van der Waals surface area contributed by atoms with Crippen molar-refractivity contribution >= 4 is 26.7 Å². The summed E-state index contributed by atoms with van der Waals surface area (Å²) in [5, 5.41) is -0.0301. The predicted molar refractivity (Wildman–Crippen MR) is 85.2 cm³/mol. The fraction of sp³-hybridized carbons (Fsp3) is 0.615. The third-order valence-corrected chi connectivity index (χ3v) is 4.87. The Morgan fingerprint density at radius 1 is 1.52 bits per heavy atom. The molecule has 0 aromatic carbocycles. The maximum atomic E-state index is 11.5. The molecule has 23 heavy (non-hydrogen) atoms. The Bertz CT molecular complexity index is 674. The molecule has 0 radical (unpaired) electrons. The van der Waals surface area contributed by atoms with Gasteiger partial charge in [-0.2, -0.15) is 0 Å². The number of anilines is 1. The first-order chi connectivity index (χ1) is 10.3. The third-order valence-electron chi connectivity index (χ3n) is 3.45.